The Kier molecular flexibility index (Phi) is 7.29. The molecule has 8 nitrogen and oxygen atoms in total. The molecule has 0 saturated carbocycles. The molecule has 1 aromatic heterocycles. The van der Waals surface area contributed by atoms with Crippen LogP contribution in [-0.2, 0) is 17.9 Å². The minimum Gasteiger partial charge on any atom is -0.497 e. The fraction of sp³-hybridized carbons (Fsp3) is 0.160. The topological polar surface area (TPSA) is 98.5 Å². The van der Waals surface area contributed by atoms with E-state index in [9.17, 15) is 4.79 Å². The number of ether oxygens (including phenoxy) is 2. The van der Waals surface area contributed by atoms with Crippen LogP contribution in [0.5, 0.6) is 11.5 Å². The number of methoxy groups -OCH3 is 1. The summed E-state index contributed by atoms with van der Waals surface area (Å²) < 4.78 is 16.5. The van der Waals surface area contributed by atoms with Crippen molar-refractivity contribution in [2.45, 2.75) is 13.2 Å². The molecule has 168 valence electrons. The zero-order valence-corrected chi connectivity index (χ0v) is 18.2. The molecule has 0 aliphatic rings. The molecule has 0 aliphatic carbocycles. The van der Waals surface area contributed by atoms with E-state index in [1.807, 2.05) is 78.9 Å². The van der Waals surface area contributed by atoms with Crippen molar-refractivity contribution in [1.82, 2.24) is 15.5 Å². The Labute approximate surface area is 191 Å². The molecule has 1 heterocycles. The van der Waals surface area contributed by atoms with Gasteiger partial charge in [-0.05, 0) is 47.5 Å². The third-order valence-corrected chi connectivity index (χ3v) is 4.79. The summed E-state index contributed by atoms with van der Waals surface area (Å²) in [5.74, 6) is 1.56. The Hall–Kier alpha value is -4.17. The number of carbonyl (C=O) groups excluding carboxylic acids is 1. The van der Waals surface area contributed by atoms with Gasteiger partial charge in [-0.2, -0.15) is 0 Å². The van der Waals surface area contributed by atoms with Crippen molar-refractivity contribution >= 4 is 11.9 Å². The van der Waals surface area contributed by atoms with E-state index in [4.69, 9.17) is 13.9 Å². The van der Waals surface area contributed by atoms with Gasteiger partial charge in [0.15, 0.2) is 0 Å². The zero-order chi connectivity index (χ0) is 22.9. The van der Waals surface area contributed by atoms with Gasteiger partial charge in [0.25, 0.3) is 0 Å². The summed E-state index contributed by atoms with van der Waals surface area (Å²) in [7, 11) is 1.62. The summed E-state index contributed by atoms with van der Waals surface area (Å²) in [6.07, 6.45) is 0. The fourth-order valence-corrected chi connectivity index (χ4v) is 3.05. The maximum Gasteiger partial charge on any atom is 0.322 e. The minimum atomic E-state index is -0.275. The highest BCUT2D eigenvalue weighted by Gasteiger charge is 2.11. The number of carbonyl (C=O) groups is 1. The van der Waals surface area contributed by atoms with E-state index in [0.717, 1.165) is 28.2 Å². The van der Waals surface area contributed by atoms with Crippen LogP contribution in [0.4, 0.5) is 6.01 Å². The predicted octanol–water partition coefficient (Wildman–Crippen LogP) is 4.05. The largest absolute Gasteiger partial charge is 0.497 e. The molecule has 33 heavy (non-hydrogen) atoms. The Balaban J connectivity index is 1.24. The Bertz CT molecular complexity index is 1160. The van der Waals surface area contributed by atoms with Crippen molar-refractivity contribution in [2.75, 3.05) is 19.0 Å². The Morgan fingerprint density at radius 2 is 1.61 bits per heavy atom. The first-order chi connectivity index (χ1) is 16.2. The number of hydrogen-bond acceptors (Lipinski definition) is 7. The number of anilines is 1. The van der Waals surface area contributed by atoms with Crippen LogP contribution in [0.3, 0.4) is 0 Å². The molecule has 4 rings (SSSR count). The fourth-order valence-electron chi connectivity index (χ4n) is 3.05. The number of benzene rings is 3. The van der Waals surface area contributed by atoms with Crippen molar-refractivity contribution < 1.29 is 18.7 Å². The molecule has 0 unspecified atom stereocenters. The van der Waals surface area contributed by atoms with Crippen molar-refractivity contribution in [1.29, 1.82) is 0 Å². The molecule has 1 amide bonds. The van der Waals surface area contributed by atoms with Gasteiger partial charge in [0.2, 0.25) is 11.8 Å². The van der Waals surface area contributed by atoms with Crippen LogP contribution < -0.4 is 20.1 Å². The van der Waals surface area contributed by atoms with Crippen LogP contribution in [0.25, 0.3) is 11.5 Å². The molecule has 3 aromatic carbocycles. The number of amides is 1. The second-order valence-electron chi connectivity index (χ2n) is 7.21. The highest BCUT2D eigenvalue weighted by molar-refractivity contribution is 5.90. The second-order valence-corrected chi connectivity index (χ2v) is 7.21. The van der Waals surface area contributed by atoms with Gasteiger partial charge in [-0.3, -0.25) is 10.1 Å². The molecule has 0 bridgehead atoms. The van der Waals surface area contributed by atoms with Gasteiger partial charge in [-0.1, -0.05) is 47.6 Å². The average molecular weight is 444 g/mol. The normalized spacial score (nSPS) is 10.6. The maximum atomic E-state index is 12.1. The number of nitrogens with one attached hydrogen (secondary N) is 2. The van der Waals surface area contributed by atoms with Crippen LogP contribution in [-0.4, -0.2) is 29.8 Å². The molecule has 4 aromatic rings. The summed E-state index contributed by atoms with van der Waals surface area (Å²) in [5, 5.41) is 13.6. The van der Waals surface area contributed by atoms with Gasteiger partial charge in [-0.25, -0.2) is 0 Å². The third-order valence-electron chi connectivity index (χ3n) is 4.79. The molecule has 8 heteroatoms. The first kappa shape index (κ1) is 22.0. The highest BCUT2D eigenvalue weighted by Crippen LogP contribution is 2.23. The molecule has 0 radical (unpaired) electrons. The molecule has 0 fully saturated rings. The lowest BCUT2D eigenvalue weighted by Crippen LogP contribution is -2.27. The van der Waals surface area contributed by atoms with E-state index in [2.05, 4.69) is 20.8 Å². The van der Waals surface area contributed by atoms with E-state index in [-0.39, 0.29) is 18.5 Å². The van der Waals surface area contributed by atoms with Crippen LogP contribution in [0.2, 0.25) is 0 Å². The maximum absolute atomic E-state index is 12.1. The van der Waals surface area contributed by atoms with Gasteiger partial charge < -0.3 is 19.2 Å². The number of rotatable bonds is 10. The van der Waals surface area contributed by atoms with Crippen LogP contribution in [0.15, 0.2) is 83.3 Å². The van der Waals surface area contributed by atoms with Crippen molar-refractivity contribution in [3.63, 3.8) is 0 Å². The average Bonchev–Trinajstić information content (AvgIpc) is 3.32. The standard InChI is InChI=1S/C25H24N4O4/c1-31-21-11-7-18(8-12-21)15-26-16-23(30)27-25-29-28-24(33-25)20-9-13-22(14-10-20)32-17-19-5-3-2-4-6-19/h2-14,26H,15-17H2,1H3,(H,27,29,30). The van der Waals surface area contributed by atoms with Crippen LogP contribution in [0, 0.1) is 0 Å². The highest BCUT2D eigenvalue weighted by atomic mass is 16.5. The summed E-state index contributed by atoms with van der Waals surface area (Å²) in [6, 6.07) is 24.9. The lowest BCUT2D eigenvalue weighted by atomic mass is 10.2. The summed E-state index contributed by atoms with van der Waals surface area (Å²) in [5.41, 5.74) is 2.87. The van der Waals surface area contributed by atoms with E-state index in [0.29, 0.717) is 19.0 Å². The molecule has 0 aliphatic heterocycles. The first-order valence-electron chi connectivity index (χ1n) is 10.4. The third kappa shape index (κ3) is 6.41. The monoisotopic (exact) mass is 444 g/mol. The summed E-state index contributed by atoms with van der Waals surface area (Å²) in [6.45, 7) is 1.14. The van der Waals surface area contributed by atoms with Crippen LogP contribution >= 0.6 is 0 Å². The quantitative estimate of drug-likeness (QED) is 0.381. The summed E-state index contributed by atoms with van der Waals surface area (Å²) >= 11 is 0. The number of aromatic nitrogens is 2. The Morgan fingerprint density at radius 1 is 0.879 bits per heavy atom. The predicted molar refractivity (Wildman–Crippen MR) is 124 cm³/mol. The van der Waals surface area contributed by atoms with E-state index in [1.54, 1.807) is 7.11 Å². The molecular formula is C25H24N4O4. The number of nitrogens with zero attached hydrogens (tertiary/aromatic N) is 2. The smallest absolute Gasteiger partial charge is 0.322 e. The lowest BCUT2D eigenvalue weighted by Gasteiger charge is -2.06. The van der Waals surface area contributed by atoms with Gasteiger partial charge in [0.1, 0.15) is 18.1 Å². The SMILES string of the molecule is COc1ccc(CNCC(=O)Nc2nnc(-c3ccc(OCc4ccccc4)cc3)o2)cc1. The van der Waals surface area contributed by atoms with Gasteiger partial charge in [0, 0.05) is 12.1 Å². The van der Waals surface area contributed by atoms with Crippen molar-refractivity contribution in [2.24, 2.45) is 0 Å². The first-order valence-corrected chi connectivity index (χ1v) is 10.4. The second kappa shape index (κ2) is 10.9. The minimum absolute atomic E-state index is 0.0469. The Morgan fingerprint density at radius 3 is 2.33 bits per heavy atom. The van der Waals surface area contributed by atoms with E-state index in [1.165, 1.54) is 0 Å². The van der Waals surface area contributed by atoms with Crippen molar-refractivity contribution in [3.8, 4) is 23.0 Å². The molecule has 2 N–H and O–H groups in total. The molecule has 0 saturated heterocycles. The molecule has 0 spiro atoms. The van der Waals surface area contributed by atoms with Gasteiger partial charge in [-0.15, -0.1) is 5.10 Å². The van der Waals surface area contributed by atoms with Crippen molar-refractivity contribution in [3.05, 3.63) is 90.0 Å². The van der Waals surface area contributed by atoms with E-state index >= 15 is 0 Å². The van der Waals surface area contributed by atoms with Crippen LogP contribution in [0.1, 0.15) is 11.1 Å². The lowest BCUT2D eigenvalue weighted by molar-refractivity contribution is -0.115. The molecule has 0 atom stereocenters. The zero-order valence-electron chi connectivity index (χ0n) is 18.2. The van der Waals surface area contributed by atoms with E-state index < -0.39 is 0 Å². The molecular weight excluding hydrogens is 420 g/mol. The summed E-state index contributed by atoms with van der Waals surface area (Å²) in [4.78, 5) is 12.1. The van der Waals surface area contributed by atoms with Gasteiger partial charge in [0.05, 0.1) is 13.7 Å². The number of hydrogen-bond donors (Lipinski definition) is 2. The van der Waals surface area contributed by atoms with Gasteiger partial charge >= 0.3 is 6.01 Å².